The second-order valence-corrected chi connectivity index (χ2v) is 7.68. The molecule has 0 fully saturated rings. The summed E-state index contributed by atoms with van der Waals surface area (Å²) in [6.07, 6.45) is 3.11. The molecule has 1 aliphatic rings. The van der Waals surface area contributed by atoms with Crippen molar-refractivity contribution in [2.75, 3.05) is 6.61 Å². The maximum atomic E-state index is 13.3. The number of esters is 1. The Balaban J connectivity index is 1.88. The van der Waals surface area contributed by atoms with Crippen molar-refractivity contribution in [1.29, 1.82) is 0 Å². The Morgan fingerprint density at radius 1 is 1.35 bits per heavy atom. The van der Waals surface area contributed by atoms with Gasteiger partial charge in [-0.05, 0) is 49.8 Å². The molecule has 0 amide bonds. The van der Waals surface area contributed by atoms with Crippen LogP contribution in [-0.2, 0) is 9.53 Å². The summed E-state index contributed by atoms with van der Waals surface area (Å²) < 4.78 is 12.5. The molecule has 0 saturated carbocycles. The number of thiazole rings is 1. The number of ether oxygens (including phenoxy) is 1. The van der Waals surface area contributed by atoms with Crippen LogP contribution in [0, 0.1) is 10.1 Å². The number of carbonyl (C=O) groups is 1. The summed E-state index contributed by atoms with van der Waals surface area (Å²) in [5, 5.41) is 10.8. The first-order chi connectivity index (χ1) is 14.9. The van der Waals surface area contributed by atoms with Crippen molar-refractivity contribution in [3.63, 3.8) is 0 Å². The average molecular weight is 439 g/mol. The summed E-state index contributed by atoms with van der Waals surface area (Å²) in [5.74, 6) is -0.143. The third-order valence-electron chi connectivity index (χ3n) is 4.73. The number of furan rings is 1. The lowest BCUT2D eigenvalue weighted by atomic mass is 10.0. The summed E-state index contributed by atoms with van der Waals surface area (Å²) in [6, 6.07) is 8.45. The minimum Gasteiger partial charge on any atom is -0.467 e. The fraction of sp³-hybridized carbons (Fsp3) is 0.190. The van der Waals surface area contributed by atoms with Gasteiger partial charge in [0.25, 0.3) is 11.2 Å². The van der Waals surface area contributed by atoms with Crippen molar-refractivity contribution in [1.82, 2.24) is 4.57 Å². The SMILES string of the molecule is CCOC(=O)C1=C(C)N=c2s/c(=C/c3ccc([N+](=O)[O-])cc3)c(=O)n2[C@H]1c1ccco1. The number of rotatable bonds is 5. The molecule has 3 heterocycles. The van der Waals surface area contributed by atoms with Crippen LogP contribution in [0.15, 0.2) is 68.1 Å². The highest BCUT2D eigenvalue weighted by Crippen LogP contribution is 2.30. The highest BCUT2D eigenvalue weighted by Gasteiger charge is 2.34. The van der Waals surface area contributed by atoms with E-state index in [1.807, 2.05) is 0 Å². The molecule has 9 nitrogen and oxygen atoms in total. The van der Waals surface area contributed by atoms with E-state index in [-0.39, 0.29) is 23.4 Å². The van der Waals surface area contributed by atoms with Gasteiger partial charge >= 0.3 is 5.97 Å². The average Bonchev–Trinajstić information content (AvgIpc) is 3.36. The van der Waals surface area contributed by atoms with E-state index in [0.29, 0.717) is 26.4 Å². The molecule has 0 N–H and O–H groups in total. The predicted octanol–water partition coefficient (Wildman–Crippen LogP) is 2.30. The van der Waals surface area contributed by atoms with Crippen LogP contribution >= 0.6 is 11.3 Å². The minimum absolute atomic E-state index is 0.0360. The lowest BCUT2D eigenvalue weighted by molar-refractivity contribution is -0.384. The van der Waals surface area contributed by atoms with Gasteiger partial charge in [-0.15, -0.1) is 0 Å². The Morgan fingerprint density at radius 3 is 2.71 bits per heavy atom. The van der Waals surface area contributed by atoms with Gasteiger partial charge in [0, 0.05) is 12.1 Å². The normalized spacial score (nSPS) is 16.1. The zero-order chi connectivity index (χ0) is 22.1. The number of benzene rings is 1. The molecule has 4 rings (SSSR count). The highest BCUT2D eigenvalue weighted by atomic mass is 32.1. The Hall–Kier alpha value is -3.79. The van der Waals surface area contributed by atoms with Crippen LogP contribution in [0.3, 0.4) is 0 Å². The molecule has 1 aliphatic heterocycles. The number of aromatic nitrogens is 1. The van der Waals surface area contributed by atoms with Gasteiger partial charge in [0.2, 0.25) is 0 Å². The first kappa shape index (κ1) is 20.5. The van der Waals surface area contributed by atoms with Crippen molar-refractivity contribution in [3.8, 4) is 0 Å². The number of nitro groups is 1. The third-order valence-corrected chi connectivity index (χ3v) is 5.71. The lowest BCUT2D eigenvalue weighted by Gasteiger charge is -2.22. The van der Waals surface area contributed by atoms with Crippen molar-refractivity contribution >= 4 is 29.1 Å². The van der Waals surface area contributed by atoms with Gasteiger partial charge in [-0.3, -0.25) is 19.5 Å². The fourth-order valence-electron chi connectivity index (χ4n) is 3.35. The second-order valence-electron chi connectivity index (χ2n) is 6.67. The number of non-ortho nitro benzene ring substituents is 1. The van der Waals surface area contributed by atoms with E-state index >= 15 is 0 Å². The molecule has 2 aromatic heterocycles. The first-order valence-corrected chi connectivity index (χ1v) is 10.2. The molecule has 0 aliphatic carbocycles. The van der Waals surface area contributed by atoms with Crippen LogP contribution in [0.1, 0.15) is 31.2 Å². The van der Waals surface area contributed by atoms with Gasteiger partial charge in [0.05, 0.1) is 33.6 Å². The van der Waals surface area contributed by atoms with Crippen LogP contribution < -0.4 is 14.9 Å². The maximum absolute atomic E-state index is 13.3. The summed E-state index contributed by atoms with van der Waals surface area (Å²) in [7, 11) is 0. The molecule has 3 aromatic rings. The van der Waals surface area contributed by atoms with Crippen molar-refractivity contribution in [2.24, 2.45) is 4.99 Å². The van der Waals surface area contributed by atoms with Gasteiger partial charge in [0.1, 0.15) is 11.8 Å². The zero-order valence-electron chi connectivity index (χ0n) is 16.6. The lowest BCUT2D eigenvalue weighted by Crippen LogP contribution is -2.39. The maximum Gasteiger partial charge on any atom is 0.338 e. The predicted molar refractivity (Wildman–Crippen MR) is 112 cm³/mol. The van der Waals surface area contributed by atoms with E-state index in [0.717, 1.165) is 0 Å². The Bertz CT molecular complexity index is 1360. The number of nitro benzene ring substituents is 1. The molecular formula is C21H17N3O6S. The van der Waals surface area contributed by atoms with E-state index < -0.39 is 16.9 Å². The molecule has 10 heteroatoms. The van der Waals surface area contributed by atoms with Crippen LogP contribution in [0.25, 0.3) is 6.08 Å². The van der Waals surface area contributed by atoms with Crippen molar-refractivity contribution < 1.29 is 18.9 Å². The minimum atomic E-state index is -0.802. The van der Waals surface area contributed by atoms with Crippen molar-refractivity contribution in [2.45, 2.75) is 19.9 Å². The molecule has 0 saturated heterocycles. The van der Waals surface area contributed by atoms with Crippen molar-refractivity contribution in [3.05, 3.63) is 95.1 Å². The first-order valence-electron chi connectivity index (χ1n) is 9.38. The number of allylic oxidation sites excluding steroid dienone is 1. The summed E-state index contributed by atoms with van der Waals surface area (Å²) in [6.45, 7) is 3.58. The van der Waals surface area contributed by atoms with E-state index in [2.05, 4.69) is 4.99 Å². The van der Waals surface area contributed by atoms with Gasteiger partial charge in [0.15, 0.2) is 4.80 Å². The van der Waals surface area contributed by atoms with Crippen LogP contribution in [0.4, 0.5) is 5.69 Å². The van der Waals surface area contributed by atoms with Crippen LogP contribution in [-0.4, -0.2) is 22.1 Å². The van der Waals surface area contributed by atoms with E-state index in [1.54, 1.807) is 44.2 Å². The number of hydrogen-bond donors (Lipinski definition) is 0. The molecule has 0 unspecified atom stereocenters. The second kappa shape index (κ2) is 8.15. The molecule has 31 heavy (non-hydrogen) atoms. The molecular weight excluding hydrogens is 422 g/mol. The van der Waals surface area contributed by atoms with E-state index in [1.165, 1.54) is 34.3 Å². The fourth-order valence-corrected chi connectivity index (χ4v) is 4.40. The largest absolute Gasteiger partial charge is 0.467 e. The molecule has 1 aromatic carbocycles. The van der Waals surface area contributed by atoms with E-state index in [9.17, 15) is 19.7 Å². The molecule has 0 bridgehead atoms. The van der Waals surface area contributed by atoms with Gasteiger partial charge in [-0.1, -0.05) is 11.3 Å². The van der Waals surface area contributed by atoms with Gasteiger partial charge < -0.3 is 9.15 Å². The number of fused-ring (bicyclic) bond motifs is 1. The molecule has 0 spiro atoms. The number of nitrogens with zero attached hydrogens (tertiary/aromatic N) is 3. The highest BCUT2D eigenvalue weighted by molar-refractivity contribution is 7.07. The Kier molecular flexibility index (Phi) is 5.38. The Morgan fingerprint density at radius 2 is 2.10 bits per heavy atom. The topological polar surface area (TPSA) is 117 Å². The smallest absolute Gasteiger partial charge is 0.338 e. The summed E-state index contributed by atoms with van der Waals surface area (Å²) >= 11 is 1.17. The number of carbonyl (C=O) groups excluding carboxylic acids is 1. The summed E-state index contributed by atoms with van der Waals surface area (Å²) in [5.41, 5.74) is 0.935. The molecule has 1 atom stereocenters. The third kappa shape index (κ3) is 3.73. The van der Waals surface area contributed by atoms with Crippen LogP contribution in [0.5, 0.6) is 0 Å². The summed E-state index contributed by atoms with van der Waals surface area (Å²) in [4.78, 5) is 41.2. The number of hydrogen-bond acceptors (Lipinski definition) is 8. The molecule has 158 valence electrons. The zero-order valence-corrected chi connectivity index (χ0v) is 17.4. The Labute approximate surface area is 179 Å². The van der Waals surface area contributed by atoms with Gasteiger partial charge in [-0.25, -0.2) is 9.79 Å². The standard InChI is InChI=1S/C21H17N3O6S/c1-3-29-20(26)17-12(2)22-21-23(18(17)15-5-4-10-30-15)19(25)16(31-21)11-13-6-8-14(9-7-13)24(27)28/h4-11,18H,3H2,1-2H3/b16-11+/t18-/m0/s1. The monoisotopic (exact) mass is 439 g/mol. The molecule has 0 radical (unpaired) electrons. The van der Waals surface area contributed by atoms with Crippen LogP contribution in [0.2, 0.25) is 0 Å². The van der Waals surface area contributed by atoms with E-state index in [4.69, 9.17) is 9.15 Å². The quantitative estimate of drug-likeness (QED) is 0.342. The van der Waals surface area contributed by atoms with Gasteiger partial charge in [-0.2, -0.15) is 0 Å².